The Hall–Kier alpha value is -2.01. The number of carbonyl (C=O) groups is 1. The van der Waals surface area contributed by atoms with Crippen LogP contribution < -0.4 is 9.47 Å². The van der Waals surface area contributed by atoms with E-state index in [1.165, 1.54) is 6.08 Å². The number of nitrogens with zero attached hydrogens (tertiary/aromatic N) is 1. The van der Waals surface area contributed by atoms with Gasteiger partial charge in [-0.1, -0.05) is 17.6 Å². The number of halogens is 1. The molecule has 1 atom stereocenters. The maximum absolute atomic E-state index is 11.7. The van der Waals surface area contributed by atoms with Gasteiger partial charge in [-0.3, -0.25) is 0 Å². The second kappa shape index (κ2) is 8.58. The number of hydrogen-bond acceptors (Lipinski definition) is 5. The number of benzene rings is 1. The second-order valence-corrected chi connectivity index (χ2v) is 5.68. The van der Waals surface area contributed by atoms with Crippen LogP contribution in [-0.4, -0.2) is 31.3 Å². The van der Waals surface area contributed by atoms with Gasteiger partial charge in [-0.15, -0.1) is 11.6 Å². The third-order valence-electron chi connectivity index (χ3n) is 3.57. The monoisotopic (exact) mass is 337 g/mol. The van der Waals surface area contributed by atoms with E-state index in [0.29, 0.717) is 11.5 Å². The predicted molar refractivity (Wildman–Crippen MR) is 90.2 cm³/mol. The summed E-state index contributed by atoms with van der Waals surface area (Å²) in [6, 6.07) is 5.35. The first-order valence-electron chi connectivity index (χ1n) is 7.46. The van der Waals surface area contributed by atoms with Crippen LogP contribution in [0.1, 0.15) is 31.2 Å². The van der Waals surface area contributed by atoms with E-state index in [0.717, 1.165) is 37.0 Å². The molecule has 0 amide bonds. The van der Waals surface area contributed by atoms with Crippen molar-refractivity contribution in [3.8, 4) is 11.5 Å². The third kappa shape index (κ3) is 4.99. The molecule has 0 bridgehead atoms. The molecular weight excluding hydrogens is 318 g/mol. The van der Waals surface area contributed by atoms with Crippen LogP contribution in [0.5, 0.6) is 11.5 Å². The minimum Gasteiger partial charge on any atom is -0.493 e. The summed E-state index contributed by atoms with van der Waals surface area (Å²) in [5.41, 5.74) is 1.53. The molecule has 0 heterocycles. The Morgan fingerprint density at radius 2 is 2.04 bits per heavy atom. The van der Waals surface area contributed by atoms with Crippen LogP contribution >= 0.6 is 11.6 Å². The molecule has 0 saturated heterocycles. The van der Waals surface area contributed by atoms with E-state index in [9.17, 15) is 4.79 Å². The van der Waals surface area contributed by atoms with Gasteiger partial charge in [-0.2, -0.15) is 0 Å². The Bertz CT molecular complexity index is 613. The zero-order valence-corrected chi connectivity index (χ0v) is 14.0. The number of ether oxygens (including phenoxy) is 2. The second-order valence-electron chi connectivity index (χ2n) is 5.15. The van der Waals surface area contributed by atoms with Crippen LogP contribution in [0.4, 0.5) is 0 Å². The quantitative estimate of drug-likeness (QED) is 0.355. The smallest absolute Gasteiger partial charge is 0.358 e. The predicted octanol–water partition coefficient (Wildman–Crippen LogP) is 3.80. The first-order valence-corrected chi connectivity index (χ1v) is 7.89. The number of methoxy groups -OCH3 is 2. The normalized spacial score (nSPS) is 19.8. The summed E-state index contributed by atoms with van der Waals surface area (Å²) in [6.45, 7) is 0. The van der Waals surface area contributed by atoms with Gasteiger partial charge in [0, 0.05) is 6.08 Å². The molecule has 1 aliphatic rings. The minimum absolute atomic E-state index is 0.133. The van der Waals surface area contributed by atoms with Crippen molar-refractivity contribution < 1.29 is 19.1 Å². The van der Waals surface area contributed by atoms with Crippen LogP contribution in [0, 0.1) is 0 Å². The highest BCUT2D eigenvalue weighted by Gasteiger charge is 2.18. The van der Waals surface area contributed by atoms with Gasteiger partial charge in [-0.25, -0.2) is 4.79 Å². The summed E-state index contributed by atoms with van der Waals surface area (Å²) in [5, 5.41) is 3.74. The Morgan fingerprint density at radius 3 is 2.74 bits per heavy atom. The van der Waals surface area contributed by atoms with Gasteiger partial charge in [0.05, 0.1) is 25.3 Å². The lowest BCUT2D eigenvalue weighted by atomic mass is 9.98. The Labute approximate surface area is 140 Å². The molecule has 0 radical (unpaired) electrons. The molecule has 1 fully saturated rings. The molecule has 0 aromatic heterocycles. The average Bonchev–Trinajstić information content (AvgIpc) is 2.58. The van der Waals surface area contributed by atoms with Crippen LogP contribution in [0.3, 0.4) is 0 Å². The maximum atomic E-state index is 11.7. The fraction of sp³-hybridized carbons (Fsp3) is 0.412. The van der Waals surface area contributed by atoms with Gasteiger partial charge in [0.15, 0.2) is 11.5 Å². The fourth-order valence-corrected chi connectivity index (χ4v) is 2.61. The van der Waals surface area contributed by atoms with Crippen molar-refractivity contribution in [2.24, 2.45) is 5.16 Å². The SMILES string of the molecule is COc1ccc(C=CC(=O)ON=C2CCCCC2Cl)cc1OC. The summed E-state index contributed by atoms with van der Waals surface area (Å²) in [5.74, 6) is 0.682. The van der Waals surface area contributed by atoms with Crippen molar-refractivity contribution >= 4 is 29.4 Å². The zero-order chi connectivity index (χ0) is 16.7. The zero-order valence-electron chi connectivity index (χ0n) is 13.3. The van der Waals surface area contributed by atoms with E-state index >= 15 is 0 Å². The van der Waals surface area contributed by atoms with Crippen molar-refractivity contribution in [2.45, 2.75) is 31.1 Å². The van der Waals surface area contributed by atoms with Gasteiger partial charge in [0.2, 0.25) is 0 Å². The molecule has 124 valence electrons. The van der Waals surface area contributed by atoms with Crippen LogP contribution in [0.15, 0.2) is 29.4 Å². The summed E-state index contributed by atoms with van der Waals surface area (Å²) in [7, 11) is 3.13. The van der Waals surface area contributed by atoms with E-state index in [1.807, 2.05) is 6.07 Å². The molecule has 0 N–H and O–H groups in total. The number of oxime groups is 1. The van der Waals surface area contributed by atoms with E-state index in [1.54, 1.807) is 32.4 Å². The molecule has 1 saturated carbocycles. The highest BCUT2D eigenvalue weighted by atomic mass is 35.5. The molecule has 5 nitrogen and oxygen atoms in total. The van der Waals surface area contributed by atoms with Crippen molar-refractivity contribution in [3.05, 3.63) is 29.8 Å². The molecule has 1 aromatic carbocycles. The largest absolute Gasteiger partial charge is 0.493 e. The molecule has 1 aliphatic carbocycles. The van der Waals surface area contributed by atoms with Crippen molar-refractivity contribution in [3.63, 3.8) is 0 Å². The molecular formula is C17H20ClNO4. The van der Waals surface area contributed by atoms with E-state index in [2.05, 4.69) is 5.16 Å². The van der Waals surface area contributed by atoms with E-state index in [4.69, 9.17) is 25.9 Å². The highest BCUT2D eigenvalue weighted by molar-refractivity contribution is 6.32. The third-order valence-corrected chi connectivity index (χ3v) is 4.04. The Kier molecular flexibility index (Phi) is 6.47. The number of rotatable bonds is 5. The summed E-state index contributed by atoms with van der Waals surface area (Å²) >= 11 is 6.14. The molecule has 1 unspecified atom stereocenters. The van der Waals surface area contributed by atoms with Crippen molar-refractivity contribution in [1.82, 2.24) is 0 Å². The molecule has 1 aromatic rings. The average molecular weight is 338 g/mol. The molecule has 2 rings (SSSR count). The van der Waals surface area contributed by atoms with Crippen LogP contribution in [-0.2, 0) is 9.63 Å². The first-order chi connectivity index (χ1) is 11.1. The van der Waals surface area contributed by atoms with Gasteiger partial charge < -0.3 is 14.3 Å². The first kappa shape index (κ1) is 17.3. The lowest BCUT2D eigenvalue weighted by Crippen LogP contribution is -2.20. The Balaban J connectivity index is 1.97. The molecule has 0 aliphatic heterocycles. The molecule has 23 heavy (non-hydrogen) atoms. The van der Waals surface area contributed by atoms with Crippen LogP contribution in [0.25, 0.3) is 6.08 Å². The standard InChI is InChI=1S/C17H20ClNO4/c1-21-15-9-7-12(11-16(15)22-2)8-10-17(20)23-19-14-6-4-3-5-13(14)18/h7-11,13H,3-6H2,1-2H3. The highest BCUT2D eigenvalue weighted by Crippen LogP contribution is 2.28. The van der Waals surface area contributed by atoms with Crippen molar-refractivity contribution in [2.75, 3.05) is 14.2 Å². The van der Waals surface area contributed by atoms with E-state index < -0.39 is 5.97 Å². The fourth-order valence-electron chi connectivity index (χ4n) is 2.31. The van der Waals surface area contributed by atoms with Gasteiger partial charge in [-0.05, 0) is 43.0 Å². The van der Waals surface area contributed by atoms with Crippen LogP contribution in [0.2, 0.25) is 0 Å². The number of carbonyl (C=O) groups excluding carboxylic acids is 1. The van der Waals surface area contributed by atoms with Gasteiger partial charge in [0.25, 0.3) is 0 Å². The topological polar surface area (TPSA) is 57.1 Å². The molecule has 6 heteroatoms. The lowest BCUT2D eigenvalue weighted by molar-refractivity contribution is -0.137. The summed E-state index contributed by atoms with van der Waals surface area (Å²) in [4.78, 5) is 16.6. The van der Waals surface area contributed by atoms with Gasteiger partial charge >= 0.3 is 5.97 Å². The minimum atomic E-state index is -0.540. The number of hydrogen-bond donors (Lipinski definition) is 0. The van der Waals surface area contributed by atoms with Gasteiger partial charge in [0.1, 0.15) is 0 Å². The summed E-state index contributed by atoms with van der Waals surface area (Å²) in [6.07, 6.45) is 6.71. The Morgan fingerprint density at radius 1 is 1.26 bits per heavy atom. The number of alkyl halides is 1. The lowest BCUT2D eigenvalue weighted by Gasteiger charge is -2.16. The maximum Gasteiger partial charge on any atom is 0.358 e. The summed E-state index contributed by atoms with van der Waals surface area (Å²) < 4.78 is 10.4. The van der Waals surface area contributed by atoms with Crippen molar-refractivity contribution in [1.29, 1.82) is 0 Å². The molecule has 0 spiro atoms. The van der Waals surface area contributed by atoms with E-state index in [-0.39, 0.29) is 5.38 Å².